The summed E-state index contributed by atoms with van der Waals surface area (Å²) >= 11 is 5.96. The average molecular weight is 269 g/mol. The average Bonchev–Trinajstić information content (AvgIpc) is 2.36. The number of aromatic hydroxyl groups is 1. The molecule has 3 N–H and O–H groups in total. The number of nitrogens with two attached hydrogens (primary N) is 1. The lowest BCUT2D eigenvalue weighted by Gasteiger charge is -2.36. The second-order valence-electron chi connectivity index (χ2n) is 5.13. The minimum absolute atomic E-state index is 0.319. The van der Waals surface area contributed by atoms with Crippen LogP contribution in [0.3, 0.4) is 0 Å². The Morgan fingerprint density at radius 2 is 2.28 bits per heavy atom. The smallest absolute Gasteiger partial charge is 0.120 e. The van der Waals surface area contributed by atoms with Crippen molar-refractivity contribution in [3.8, 4) is 5.75 Å². The molecule has 1 aliphatic heterocycles. The Morgan fingerprint density at radius 1 is 1.50 bits per heavy atom. The number of rotatable bonds is 3. The van der Waals surface area contributed by atoms with Gasteiger partial charge in [0.1, 0.15) is 5.75 Å². The molecule has 0 aromatic heterocycles. The van der Waals surface area contributed by atoms with Crippen LogP contribution in [0.2, 0.25) is 5.02 Å². The molecule has 0 amide bonds. The Hall–Kier alpha value is -0.770. The summed E-state index contributed by atoms with van der Waals surface area (Å²) in [5, 5.41) is 10.5. The van der Waals surface area contributed by atoms with Gasteiger partial charge in [0.15, 0.2) is 0 Å². The Balaban J connectivity index is 2.03. The molecule has 1 aromatic rings. The van der Waals surface area contributed by atoms with E-state index in [1.54, 1.807) is 12.1 Å². The second-order valence-corrected chi connectivity index (χ2v) is 5.57. The van der Waals surface area contributed by atoms with Gasteiger partial charge in [0.25, 0.3) is 0 Å². The van der Waals surface area contributed by atoms with Crippen LogP contribution >= 0.6 is 11.6 Å². The molecule has 1 saturated heterocycles. The van der Waals surface area contributed by atoms with Crippen molar-refractivity contribution in [3.05, 3.63) is 28.8 Å². The molecule has 4 heteroatoms. The first-order chi connectivity index (χ1) is 8.60. The predicted molar refractivity (Wildman–Crippen MR) is 74.8 cm³/mol. The fourth-order valence-corrected chi connectivity index (χ4v) is 2.82. The van der Waals surface area contributed by atoms with Crippen molar-refractivity contribution in [1.29, 1.82) is 0 Å². The Morgan fingerprint density at radius 3 is 3.00 bits per heavy atom. The molecule has 1 fully saturated rings. The van der Waals surface area contributed by atoms with Gasteiger partial charge in [0.2, 0.25) is 0 Å². The summed E-state index contributed by atoms with van der Waals surface area (Å²) in [6.07, 6.45) is 2.14. The second kappa shape index (κ2) is 5.91. The van der Waals surface area contributed by atoms with E-state index in [0.717, 1.165) is 38.0 Å². The first-order valence-electron chi connectivity index (χ1n) is 6.55. The number of hydrogen-bond donors (Lipinski definition) is 2. The monoisotopic (exact) mass is 268 g/mol. The van der Waals surface area contributed by atoms with Crippen molar-refractivity contribution >= 4 is 11.6 Å². The highest BCUT2D eigenvalue weighted by atomic mass is 35.5. The normalized spacial score (nSPS) is 25.3. The quantitative estimate of drug-likeness (QED) is 0.886. The molecule has 1 aliphatic rings. The van der Waals surface area contributed by atoms with Gasteiger partial charge in [-0.3, -0.25) is 4.90 Å². The molecule has 0 saturated carbocycles. The third-order valence-corrected chi connectivity index (χ3v) is 4.07. The number of hydrogen-bond acceptors (Lipinski definition) is 3. The summed E-state index contributed by atoms with van der Waals surface area (Å²) in [7, 11) is 0. The van der Waals surface area contributed by atoms with Crippen molar-refractivity contribution in [2.24, 2.45) is 11.7 Å². The van der Waals surface area contributed by atoms with Gasteiger partial charge in [-0.2, -0.15) is 0 Å². The number of piperidine rings is 1. The zero-order valence-electron chi connectivity index (χ0n) is 10.8. The van der Waals surface area contributed by atoms with Crippen molar-refractivity contribution in [2.45, 2.75) is 32.4 Å². The van der Waals surface area contributed by atoms with E-state index in [2.05, 4.69) is 11.8 Å². The zero-order valence-corrected chi connectivity index (χ0v) is 11.5. The molecule has 2 atom stereocenters. The van der Waals surface area contributed by atoms with Crippen molar-refractivity contribution in [3.63, 3.8) is 0 Å². The summed E-state index contributed by atoms with van der Waals surface area (Å²) in [5.74, 6) is 0.877. The van der Waals surface area contributed by atoms with Gasteiger partial charge in [-0.25, -0.2) is 0 Å². The van der Waals surface area contributed by atoms with Crippen LogP contribution in [0, 0.1) is 5.92 Å². The standard InChI is InChI=1S/C14H21ClN2O/c1-2-10-8-17(6-5-13(10)16)9-11-7-12(15)3-4-14(11)18/h3-4,7,10,13,18H,2,5-6,8-9,16H2,1H3. The molecular formula is C14H21ClN2O. The van der Waals surface area contributed by atoms with Gasteiger partial charge >= 0.3 is 0 Å². The van der Waals surface area contributed by atoms with Crippen molar-refractivity contribution in [2.75, 3.05) is 13.1 Å². The Kier molecular flexibility index (Phi) is 4.49. The van der Waals surface area contributed by atoms with Gasteiger partial charge in [-0.1, -0.05) is 24.9 Å². The van der Waals surface area contributed by atoms with E-state index in [-0.39, 0.29) is 0 Å². The fourth-order valence-electron chi connectivity index (χ4n) is 2.62. The number of likely N-dealkylation sites (tertiary alicyclic amines) is 1. The fraction of sp³-hybridized carbons (Fsp3) is 0.571. The van der Waals surface area contributed by atoms with Crippen LogP contribution in [0.4, 0.5) is 0 Å². The van der Waals surface area contributed by atoms with Gasteiger partial charge < -0.3 is 10.8 Å². The van der Waals surface area contributed by atoms with Crippen LogP contribution in [0.25, 0.3) is 0 Å². The number of phenolic OH excluding ortho intramolecular Hbond substituents is 1. The molecule has 0 aliphatic carbocycles. The maximum atomic E-state index is 9.83. The first-order valence-corrected chi connectivity index (χ1v) is 6.93. The van der Waals surface area contributed by atoms with E-state index in [1.165, 1.54) is 0 Å². The third-order valence-electron chi connectivity index (χ3n) is 3.84. The zero-order chi connectivity index (χ0) is 13.1. The van der Waals surface area contributed by atoms with E-state index in [9.17, 15) is 5.11 Å². The largest absolute Gasteiger partial charge is 0.508 e. The van der Waals surface area contributed by atoms with Crippen molar-refractivity contribution in [1.82, 2.24) is 4.90 Å². The summed E-state index contributed by atoms with van der Waals surface area (Å²) in [6.45, 7) is 4.92. The highest BCUT2D eigenvalue weighted by molar-refractivity contribution is 6.30. The van der Waals surface area contributed by atoms with Crippen LogP contribution in [0.5, 0.6) is 5.75 Å². The summed E-state index contributed by atoms with van der Waals surface area (Å²) < 4.78 is 0. The van der Waals surface area contributed by atoms with E-state index in [0.29, 0.717) is 22.7 Å². The summed E-state index contributed by atoms with van der Waals surface area (Å²) in [4.78, 5) is 2.35. The molecule has 1 aromatic carbocycles. The number of halogens is 1. The molecule has 3 nitrogen and oxygen atoms in total. The van der Waals surface area contributed by atoms with E-state index in [1.807, 2.05) is 6.07 Å². The maximum Gasteiger partial charge on any atom is 0.120 e. The topological polar surface area (TPSA) is 49.5 Å². The van der Waals surface area contributed by atoms with E-state index < -0.39 is 0 Å². The lowest BCUT2D eigenvalue weighted by Crippen LogP contribution is -2.46. The highest BCUT2D eigenvalue weighted by Crippen LogP contribution is 2.26. The molecule has 2 rings (SSSR count). The molecule has 2 unspecified atom stereocenters. The molecule has 100 valence electrons. The minimum atomic E-state index is 0.319. The van der Waals surface area contributed by atoms with Crippen LogP contribution in [0.1, 0.15) is 25.3 Å². The molecule has 18 heavy (non-hydrogen) atoms. The van der Waals surface area contributed by atoms with Crippen LogP contribution < -0.4 is 5.73 Å². The summed E-state index contributed by atoms with van der Waals surface area (Å²) in [6, 6.07) is 5.53. The summed E-state index contributed by atoms with van der Waals surface area (Å²) in [5.41, 5.74) is 7.00. The molecule has 0 radical (unpaired) electrons. The Labute approximate surface area is 114 Å². The molecule has 1 heterocycles. The minimum Gasteiger partial charge on any atom is -0.508 e. The van der Waals surface area contributed by atoms with Gasteiger partial charge in [-0.05, 0) is 37.1 Å². The Bertz CT molecular complexity index is 411. The number of phenols is 1. The number of nitrogens with zero attached hydrogens (tertiary/aromatic N) is 1. The third kappa shape index (κ3) is 3.16. The van der Waals surface area contributed by atoms with E-state index in [4.69, 9.17) is 17.3 Å². The van der Waals surface area contributed by atoms with Crippen LogP contribution in [-0.4, -0.2) is 29.1 Å². The van der Waals surface area contributed by atoms with Gasteiger partial charge in [0.05, 0.1) is 0 Å². The van der Waals surface area contributed by atoms with Gasteiger partial charge in [0, 0.05) is 29.7 Å². The van der Waals surface area contributed by atoms with Gasteiger partial charge in [-0.15, -0.1) is 0 Å². The lowest BCUT2D eigenvalue weighted by atomic mass is 9.90. The first kappa shape index (κ1) is 13.7. The van der Waals surface area contributed by atoms with Crippen molar-refractivity contribution < 1.29 is 5.11 Å². The molecule has 0 spiro atoms. The molecular weight excluding hydrogens is 248 g/mol. The number of benzene rings is 1. The lowest BCUT2D eigenvalue weighted by molar-refractivity contribution is 0.144. The highest BCUT2D eigenvalue weighted by Gasteiger charge is 2.25. The SMILES string of the molecule is CCC1CN(Cc2cc(Cl)ccc2O)CCC1N. The van der Waals surface area contributed by atoms with Crippen LogP contribution in [-0.2, 0) is 6.54 Å². The van der Waals surface area contributed by atoms with E-state index >= 15 is 0 Å². The maximum absolute atomic E-state index is 9.83. The predicted octanol–water partition coefficient (Wildman–Crippen LogP) is 2.60. The van der Waals surface area contributed by atoms with Crippen LogP contribution in [0.15, 0.2) is 18.2 Å². The molecule has 0 bridgehead atoms.